The maximum absolute atomic E-state index is 12.2. The monoisotopic (exact) mass is 379 g/mol. The number of nitrogens with zero attached hydrogens (tertiary/aromatic N) is 3. The van der Waals surface area contributed by atoms with Gasteiger partial charge in [-0.25, -0.2) is 4.98 Å². The number of rotatable bonds is 7. The molecule has 8 heteroatoms. The van der Waals surface area contributed by atoms with Crippen LogP contribution in [0.25, 0.3) is 0 Å². The van der Waals surface area contributed by atoms with E-state index >= 15 is 0 Å². The Hall–Kier alpha value is -1.57. The normalized spacial score (nSPS) is 16.1. The van der Waals surface area contributed by atoms with Gasteiger partial charge in [-0.1, -0.05) is 35.5 Å². The lowest BCUT2D eigenvalue weighted by Crippen LogP contribution is -2.37. The first-order chi connectivity index (χ1) is 12.1. The Morgan fingerprint density at radius 2 is 2.08 bits per heavy atom. The molecule has 1 atom stereocenters. The van der Waals surface area contributed by atoms with Gasteiger partial charge in [0.15, 0.2) is 0 Å². The molecular weight excluding hydrogens is 358 g/mol. The van der Waals surface area contributed by atoms with Crippen molar-refractivity contribution in [2.24, 2.45) is 0 Å². The van der Waals surface area contributed by atoms with Crippen LogP contribution in [-0.2, 0) is 4.79 Å². The minimum absolute atomic E-state index is 0.00869. The van der Waals surface area contributed by atoms with Gasteiger partial charge < -0.3 is 5.32 Å². The Kier molecular flexibility index (Phi) is 6.34. The van der Waals surface area contributed by atoms with E-state index in [9.17, 15) is 4.79 Å². The van der Waals surface area contributed by atoms with Gasteiger partial charge in [-0.15, -0.1) is 5.10 Å². The van der Waals surface area contributed by atoms with Crippen LogP contribution >= 0.6 is 23.4 Å². The number of amides is 1. The second kappa shape index (κ2) is 8.69. The summed E-state index contributed by atoms with van der Waals surface area (Å²) in [4.78, 5) is 18.8. The lowest BCUT2D eigenvalue weighted by atomic mass is 10.1. The molecule has 1 amide bonds. The van der Waals surface area contributed by atoms with Crippen molar-refractivity contribution in [3.05, 3.63) is 40.7 Å². The van der Waals surface area contributed by atoms with E-state index < -0.39 is 0 Å². The van der Waals surface area contributed by atoms with Crippen LogP contribution in [0.3, 0.4) is 0 Å². The summed E-state index contributed by atoms with van der Waals surface area (Å²) in [6.45, 7) is 4.56. The van der Waals surface area contributed by atoms with Crippen LogP contribution < -0.4 is 5.32 Å². The Labute approximate surface area is 156 Å². The number of thioether (sulfide) groups is 1. The molecule has 1 aliphatic heterocycles. The quantitative estimate of drug-likeness (QED) is 0.723. The van der Waals surface area contributed by atoms with Gasteiger partial charge in [0.2, 0.25) is 11.1 Å². The highest BCUT2D eigenvalue weighted by atomic mass is 35.5. The minimum atomic E-state index is -0.00869. The smallest absolute Gasteiger partial charge is 0.230 e. The summed E-state index contributed by atoms with van der Waals surface area (Å²) >= 11 is 7.34. The maximum atomic E-state index is 12.2. The third-order valence-electron chi connectivity index (χ3n) is 4.24. The van der Waals surface area contributed by atoms with Crippen molar-refractivity contribution >= 4 is 29.3 Å². The zero-order valence-corrected chi connectivity index (χ0v) is 15.7. The lowest BCUT2D eigenvalue weighted by molar-refractivity contribution is -0.118. The molecule has 25 heavy (non-hydrogen) atoms. The number of nitrogens with one attached hydrogen (secondary N) is 2. The van der Waals surface area contributed by atoms with E-state index in [1.807, 2.05) is 31.2 Å². The number of hydrogen-bond acceptors (Lipinski definition) is 5. The average molecular weight is 380 g/mol. The SMILES string of the molecule is Cc1nc(SCC(=O)NC[C@@H](c2ccc(Cl)cc2)N2CCCC2)n[nH]1. The van der Waals surface area contributed by atoms with Crippen molar-refractivity contribution in [2.45, 2.75) is 31.0 Å². The van der Waals surface area contributed by atoms with E-state index in [2.05, 4.69) is 25.4 Å². The van der Waals surface area contributed by atoms with E-state index in [0.717, 1.165) is 23.9 Å². The highest BCUT2D eigenvalue weighted by Crippen LogP contribution is 2.25. The summed E-state index contributed by atoms with van der Waals surface area (Å²) in [5.41, 5.74) is 1.18. The first kappa shape index (κ1) is 18.2. The van der Waals surface area contributed by atoms with Crippen LogP contribution in [0, 0.1) is 6.92 Å². The van der Waals surface area contributed by atoms with E-state index in [0.29, 0.717) is 17.5 Å². The fourth-order valence-electron chi connectivity index (χ4n) is 2.97. The highest BCUT2D eigenvalue weighted by Gasteiger charge is 2.24. The number of carbonyl (C=O) groups is 1. The van der Waals surface area contributed by atoms with Crippen molar-refractivity contribution in [1.82, 2.24) is 25.4 Å². The Morgan fingerprint density at radius 3 is 2.72 bits per heavy atom. The first-order valence-corrected chi connectivity index (χ1v) is 9.76. The summed E-state index contributed by atoms with van der Waals surface area (Å²) in [7, 11) is 0. The van der Waals surface area contributed by atoms with Crippen molar-refractivity contribution in [2.75, 3.05) is 25.4 Å². The summed E-state index contributed by atoms with van der Waals surface area (Å²) in [6, 6.07) is 8.08. The van der Waals surface area contributed by atoms with E-state index in [4.69, 9.17) is 11.6 Å². The van der Waals surface area contributed by atoms with Gasteiger partial charge in [0.05, 0.1) is 11.8 Å². The molecule has 1 aliphatic rings. The highest BCUT2D eigenvalue weighted by molar-refractivity contribution is 7.99. The summed E-state index contributed by atoms with van der Waals surface area (Å²) in [5.74, 6) is 1.05. The van der Waals surface area contributed by atoms with Gasteiger partial charge in [-0.3, -0.25) is 14.8 Å². The van der Waals surface area contributed by atoms with Gasteiger partial charge in [-0.05, 0) is 50.6 Å². The molecular formula is C17H22ClN5OS. The predicted molar refractivity (Wildman–Crippen MR) is 99.9 cm³/mol. The second-order valence-corrected chi connectivity index (χ2v) is 7.49. The number of carbonyl (C=O) groups excluding carboxylic acids is 1. The molecule has 0 unspecified atom stereocenters. The molecule has 0 bridgehead atoms. The topological polar surface area (TPSA) is 73.9 Å². The third-order valence-corrected chi connectivity index (χ3v) is 5.34. The Morgan fingerprint density at radius 1 is 1.36 bits per heavy atom. The van der Waals surface area contributed by atoms with Crippen molar-refractivity contribution in [1.29, 1.82) is 0 Å². The molecule has 1 aromatic carbocycles. The molecule has 1 aromatic heterocycles. The van der Waals surface area contributed by atoms with Crippen molar-refractivity contribution in [3.63, 3.8) is 0 Å². The molecule has 0 aliphatic carbocycles. The molecule has 0 radical (unpaired) electrons. The predicted octanol–water partition coefficient (Wildman–Crippen LogP) is 2.81. The number of benzene rings is 1. The number of H-pyrrole nitrogens is 1. The third kappa shape index (κ3) is 5.20. The van der Waals surface area contributed by atoms with E-state index in [1.165, 1.54) is 30.2 Å². The molecule has 2 N–H and O–H groups in total. The molecule has 2 heterocycles. The Bertz CT molecular complexity index is 699. The van der Waals surface area contributed by atoms with Crippen LogP contribution in [0.5, 0.6) is 0 Å². The number of likely N-dealkylation sites (tertiary alicyclic amines) is 1. The molecule has 1 fully saturated rings. The number of aromatic amines is 1. The molecule has 134 valence electrons. The molecule has 2 aromatic rings. The van der Waals surface area contributed by atoms with Gasteiger partial charge in [0.25, 0.3) is 0 Å². The van der Waals surface area contributed by atoms with E-state index in [-0.39, 0.29) is 11.9 Å². The standard InChI is InChI=1S/C17H22ClN5OS/c1-12-20-17(22-21-12)25-11-16(24)19-10-15(23-8-2-3-9-23)13-4-6-14(18)7-5-13/h4-7,15H,2-3,8-11H2,1H3,(H,19,24)(H,20,21,22)/t15-/m0/s1. The van der Waals surface area contributed by atoms with Gasteiger partial charge in [0.1, 0.15) is 5.82 Å². The fourth-order valence-corrected chi connectivity index (χ4v) is 3.77. The van der Waals surface area contributed by atoms with E-state index in [1.54, 1.807) is 0 Å². The minimum Gasteiger partial charge on any atom is -0.353 e. The van der Waals surface area contributed by atoms with Crippen LogP contribution in [0.1, 0.15) is 30.3 Å². The largest absolute Gasteiger partial charge is 0.353 e. The van der Waals surface area contributed by atoms with Crippen LogP contribution in [0.2, 0.25) is 5.02 Å². The van der Waals surface area contributed by atoms with Gasteiger partial charge in [0, 0.05) is 11.6 Å². The van der Waals surface area contributed by atoms with Crippen molar-refractivity contribution < 1.29 is 4.79 Å². The average Bonchev–Trinajstić information content (AvgIpc) is 3.27. The maximum Gasteiger partial charge on any atom is 0.230 e. The fraction of sp³-hybridized carbons (Fsp3) is 0.471. The molecule has 6 nitrogen and oxygen atoms in total. The van der Waals surface area contributed by atoms with Crippen LogP contribution in [0.15, 0.2) is 29.4 Å². The molecule has 1 saturated heterocycles. The number of aromatic nitrogens is 3. The Balaban J connectivity index is 1.56. The van der Waals surface area contributed by atoms with Gasteiger partial charge >= 0.3 is 0 Å². The molecule has 0 saturated carbocycles. The molecule has 3 rings (SSSR count). The summed E-state index contributed by atoms with van der Waals surface area (Å²) < 4.78 is 0. The van der Waals surface area contributed by atoms with Gasteiger partial charge in [-0.2, -0.15) is 0 Å². The van der Waals surface area contributed by atoms with Crippen molar-refractivity contribution in [3.8, 4) is 0 Å². The van der Waals surface area contributed by atoms with Crippen LogP contribution in [-0.4, -0.2) is 51.4 Å². The molecule has 0 spiro atoms. The second-order valence-electron chi connectivity index (χ2n) is 6.11. The summed E-state index contributed by atoms with van der Waals surface area (Å²) in [5, 5.41) is 11.2. The number of aryl methyl sites for hydroxylation is 1. The zero-order valence-electron chi connectivity index (χ0n) is 14.2. The van der Waals surface area contributed by atoms with Crippen LogP contribution in [0.4, 0.5) is 0 Å². The number of halogens is 1. The first-order valence-electron chi connectivity index (χ1n) is 8.40. The lowest BCUT2D eigenvalue weighted by Gasteiger charge is -2.28. The summed E-state index contributed by atoms with van der Waals surface area (Å²) in [6.07, 6.45) is 2.41. The number of hydrogen-bond donors (Lipinski definition) is 2. The zero-order chi connectivity index (χ0) is 17.6.